The van der Waals surface area contributed by atoms with Crippen molar-refractivity contribution in [1.29, 1.82) is 5.26 Å². The standard InChI is InChI=1S/C18H14N2OS2/c19-14-20-18(23-13-15-7-3-1-4-8-15)22-12-11-17(21)16-9-5-2-6-10-16/h1-12H,13H2. The second-order valence-corrected chi connectivity index (χ2v) is 6.52. The highest BCUT2D eigenvalue weighted by atomic mass is 32.2. The highest BCUT2D eigenvalue weighted by Gasteiger charge is 2.03. The first-order chi connectivity index (χ1) is 11.3. The summed E-state index contributed by atoms with van der Waals surface area (Å²) in [4.78, 5) is 15.7. The number of aliphatic imine (C=N–C) groups is 1. The summed E-state index contributed by atoms with van der Waals surface area (Å²) in [6.45, 7) is 0. The minimum Gasteiger partial charge on any atom is -0.289 e. The van der Waals surface area contributed by atoms with Crippen molar-refractivity contribution in [1.82, 2.24) is 0 Å². The molecule has 0 aliphatic carbocycles. The summed E-state index contributed by atoms with van der Waals surface area (Å²) in [6.07, 6.45) is 3.30. The highest BCUT2D eigenvalue weighted by molar-refractivity contribution is 8.39. The summed E-state index contributed by atoms with van der Waals surface area (Å²) in [5.41, 5.74) is 1.80. The molecule has 0 saturated carbocycles. The Labute approximate surface area is 144 Å². The van der Waals surface area contributed by atoms with E-state index in [-0.39, 0.29) is 5.78 Å². The summed E-state index contributed by atoms with van der Waals surface area (Å²) >= 11 is 2.75. The number of benzene rings is 2. The second kappa shape index (κ2) is 9.67. The Morgan fingerprint density at radius 1 is 1.09 bits per heavy atom. The molecule has 0 radical (unpaired) electrons. The molecule has 2 aromatic rings. The summed E-state index contributed by atoms with van der Waals surface area (Å²) in [5, 5.41) is 10.4. The van der Waals surface area contributed by atoms with E-state index in [0.717, 1.165) is 11.3 Å². The molecule has 0 aromatic heterocycles. The molecule has 0 N–H and O–H groups in total. The van der Waals surface area contributed by atoms with Crippen LogP contribution in [0.3, 0.4) is 0 Å². The number of nitriles is 1. The molecule has 0 unspecified atom stereocenters. The Hall–Kier alpha value is -2.29. The number of carbonyl (C=O) groups is 1. The van der Waals surface area contributed by atoms with Gasteiger partial charge in [0.25, 0.3) is 0 Å². The van der Waals surface area contributed by atoms with Crippen LogP contribution in [0.1, 0.15) is 15.9 Å². The van der Waals surface area contributed by atoms with Gasteiger partial charge < -0.3 is 0 Å². The lowest BCUT2D eigenvalue weighted by Crippen LogP contribution is -1.93. The smallest absolute Gasteiger partial charge is 0.207 e. The van der Waals surface area contributed by atoms with Gasteiger partial charge in [-0.25, -0.2) is 0 Å². The third-order valence-electron chi connectivity index (χ3n) is 2.79. The van der Waals surface area contributed by atoms with Gasteiger partial charge in [0.1, 0.15) is 4.38 Å². The number of carbonyl (C=O) groups excluding carboxylic acids is 1. The molecule has 114 valence electrons. The van der Waals surface area contributed by atoms with Gasteiger partial charge in [-0.3, -0.25) is 4.79 Å². The normalized spacial score (nSPS) is 11.3. The fourth-order valence-electron chi connectivity index (χ4n) is 1.71. The van der Waals surface area contributed by atoms with Crippen molar-refractivity contribution in [2.45, 2.75) is 5.75 Å². The monoisotopic (exact) mass is 338 g/mol. The van der Waals surface area contributed by atoms with E-state index in [4.69, 9.17) is 5.26 Å². The third-order valence-corrected chi connectivity index (χ3v) is 4.82. The van der Waals surface area contributed by atoms with E-state index >= 15 is 0 Å². The highest BCUT2D eigenvalue weighted by Crippen LogP contribution is 2.22. The van der Waals surface area contributed by atoms with Crippen molar-refractivity contribution in [3.63, 3.8) is 0 Å². The second-order valence-electron chi connectivity index (χ2n) is 4.40. The fourth-order valence-corrected chi connectivity index (χ4v) is 3.31. The fraction of sp³-hybridized carbons (Fsp3) is 0.0556. The lowest BCUT2D eigenvalue weighted by atomic mass is 10.1. The molecular formula is C18H14N2OS2. The maximum atomic E-state index is 12.0. The van der Waals surface area contributed by atoms with Crippen LogP contribution >= 0.6 is 23.5 Å². The predicted molar refractivity (Wildman–Crippen MR) is 98.3 cm³/mol. The number of allylic oxidation sites excluding steroid dienone is 1. The molecule has 0 atom stereocenters. The van der Waals surface area contributed by atoms with Crippen molar-refractivity contribution >= 4 is 33.7 Å². The molecule has 0 saturated heterocycles. The third kappa shape index (κ3) is 6.15. The van der Waals surface area contributed by atoms with E-state index in [0.29, 0.717) is 9.94 Å². The first-order valence-electron chi connectivity index (χ1n) is 6.85. The lowest BCUT2D eigenvalue weighted by Gasteiger charge is -2.01. The number of ketones is 1. The average Bonchev–Trinajstić information content (AvgIpc) is 2.61. The van der Waals surface area contributed by atoms with E-state index in [2.05, 4.69) is 4.99 Å². The molecule has 3 nitrogen and oxygen atoms in total. The summed E-state index contributed by atoms with van der Waals surface area (Å²) in [7, 11) is 0. The van der Waals surface area contributed by atoms with Crippen molar-refractivity contribution in [3.8, 4) is 6.19 Å². The number of hydrogen-bond donors (Lipinski definition) is 0. The van der Waals surface area contributed by atoms with Gasteiger partial charge in [-0.1, -0.05) is 84.2 Å². The number of hydrogen-bond acceptors (Lipinski definition) is 5. The van der Waals surface area contributed by atoms with E-state index in [1.807, 2.05) is 48.5 Å². The van der Waals surface area contributed by atoms with Crippen LogP contribution < -0.4 is 0 Å². The van der Waals surface area contributed by atoms with Crippen LogP contribution in [-0.4, -0.2) is 10.2 Å². The minimum atomic E-state index is -0.0672. The summed E-state index contributed by atoms with van der Waals surface area (Å²) in [6, 6.07) is 19.0. The minimum absolute atomic E-state index is 0.0672. The zero-order valence-corrected chi connectivity index (χ0v) is 13.9. The topological polar surface area (TPSA) is 53.2 Å². The van der Waals surface area contributed by atoms with E-state index in [1.165, 1.54) is 29.6 Å². The van der Waals surface area contributed by atoms with Crippen LogP contribution in [0.25, 0.3) is 0 Å². The molecule has 2 rings (SSSR count). The van der Waals surface area contributed by atoms with Crippen LogP contribution in [0.15, 0.2) is 77.1 Å². The zero-order valence-electron chi connectivity index (χ0n) is 12.3. The Kier molecular flexibility index (Phi) is 7.18. The molecular weight excluding hydrogens is 324 g/mol. The number of thioether (sulfide) groups is 2. The van der Waals surface area contributed by atoms with Gasteiger partial charge in [-0.05, 0) is 17.0 Å². The molecule has 0 amide bonds. The first-order valence-corrected chi connectivity index (χ1v) is 8.72. The van der Waals surface area contributed by atoms with Crippen LogP contribution in [0.2, 0.25) is 0 Å². The molecule has 0 aliphatic rings. The van der Waals surface area contributed by atoms with Crippen LogP contribution in [0.5, 0.6) is 0 Å². The predicted octanol–water partition coefficient (Wildman–Crippen LogP) is 4.89. The number of nitrogens with zero attached hydrogens (tertiary/aromatic N) is 2. The van der Waals surface area contributed by atoms with Gasteiger partial charge in [0.05, 0.1) is 0 Å². The van der Waals surface area contributed by atoms with Gasteiger partial charge in [0.15, 0.2) is 5.78 Å². The van der Waals surface area contributed by atoms with Crippen molar-refractivity contribution in [3.05, 3.63) is 83.3 Å². The van der Waals surface area contributed by atoms with Crippen molar-refractivity contribution in [2.75, 3.05) is 0 Å². The van der Waals surface area contributed by atoms with Crippen molar-refractivity contribution in [2.24, 2.45) is 4.99 Å². The Morgan fingerprint density at radius 2 is 1.74 bits per heavy atom. The largest absolute Gasteiger partial charge is 0.289 e. The Morgan fingerprint density at radius 3 is 2.39 bits per heavy atom. The maximum Gasteiger partial charge on any atom is 0.207 e. The molecule has 0 heterocycles. The SMILES string of the molecule is N#CN=C(SC=CC(=O)c1ccccc1)SCc1ccccc1. The lowest BCUT2D eigenvalue weighted by molar-refractivity contribution is 0.104. The first kappa shape index (κ1) is 17.1. The van der Waals surface area contributed by atoms with Crippen LogP contribution in [-0.2, 0) is 5.75 Å². The Bertz CT molecular complexity index is 735. The van der Waals surface area contributed by atoms with Crippen molar-refractivity contribution < 1.29 is 4.79 Å². The molecule has 5 heteroatoms. The number of rotatable bonds is 5. The molecule has 0 spiro atoms. The average molecular weight is 338 g/mol. The summed E-state index contributed by atoms with van der Waals surface area (Å²) in [5.74, 6) is 0.664. The molecule has 23 heavy (non-hydrogen) atoms. The molecule has 0 aliphatic heterocycles. The zero-order chi connectivity index (χ0) is 16.3. The molecule has 0 bridgehead atoms. The van der Waals surface area contributed by atoms with Crippen LogP contribution in [0.4, 0.5) is 0 Å². The molecule has 2 aromatic carbocycles. The quantitative estimate of drug-likeness (QED) is 0.256. The Balaban J connectivity index is 1.90. The van der Waals surface area contributed by atoms with Crippen LogP contribution in [0, 0.1) is 11.5 Å². The van der Waals surface area contributed by atoms with Gasteiger partial charge in [0.2, 0.25) is 6.19 Å². The van der Waals surface area contributed by atoms with Gasteiger partial charge in [0, 0.05) is 11.3 Å². The molecule has 0 fully saturated rings. The van der Waals surface area contributed by atoms with Gasteiger partial charge in [-0.2, -0.15) is 10.3 Å². The van der Waals surface area contributed by atoms with E-state index in [9.17, 15) is 4.79 Å². The van der Waals surface area contributed by atoms with E-state index < -0.39 is 0 Å². The van der Waals surface area contributed by atoms with Gasteiger partial charge >= 0.3 is 0 Å². The summed E-state index contributed by atoms with van der Waals surface area (Å²) < 4.78 is 0.619. The van der Waals surface area contributed by atoms with E-state index in [1.54, 1.807) is 23.7 Å². The van der Waals surface area contributed by atoms with Gasteiger partial charge in [-0.15, -0.1) is 0 Å². The maximum absolute atomic E-state index is 12.0.